The third-order valence-corrected chi connectivity index (χ3v) is 2.39. The van der Waals surface area contributed by atoms with E-state index in [4.69, 9.17) is 0 Å². The second-order valence-electron chi connectivity index (χ2n) is 4.59. The lowest BCUT2D eigenvalue weighted by Gasteiger charge is -2.18. The minimum absolute atomic E-state index is 0.164. The summed E-state index contributed by atoms with van der Waals surface area (Å²) in [4.78, 5) is 4.66. The van der Waals surface area contributed by atoms with Gasteiger partial charge in [-0.3, -0.25) is 4.98 Å². The predicted molar refractivity (Wildman–Crippen MR) is 55.7 cm³/mol. The summed E-state index contributed by atoms with van der Waals surface area (Å²) in [7, 11) is 0. The van der Waals surface area contributed by atoms with E-state index >= 15 is 0 Å². The summed E-state index contributed by atoms with van der Waals surface area (Å²) < 4.78 is 0. The fraction of sp³-hybridized carbons (Fsp3) is 0.417. The van der Waals surface area contributed by atoms with E-state index in [0.29, 0.717) is 0 Å². The molecule has 0 N–H and O–H groups in total. The number of rotatable bonds is 0. The summed E-state index contributed by atoms with van der Waals surface area (Å²) >= 11 is 0. The van der Waals surface area contributed by atoms with Gasteiger partial charge < -0.3 is 0 Å². The van der Waals surface area contributed by atoms with Crippen LogP contribution in [-0.4, -0.2) is 4.98 Å². The van der Waals surface area contributed by atoms with Crippen LogP contribution in [0.4, 0.5) is 0 Å². The SMILES string of the molecule is CC(C)(C)c1ccc2c(n1)CC=C2. The Morgan fingerprint density at radius 2 is 2.00 bits per heavy atom. The zero-order valence-electron chi connectivity index (χ0n) is 8.46. The Labute approximate surface area is 79.5 Å². The molecule has 1 aromatic rings. The largest absolute Gasteiger partial charge is 0.256 e. The maximum Gasteiger partial charge on any atom is 0.0517 e. The lowest BCUT2D eigenvalue weighted by atomic mass is 9.91. The molecule has 0 fully saturated rings. The lowest BCUT2D eigenvalue weighted by Crippen LogP contribution is -2.14. The molecule has 68 valence electrons. The van der Waals surface area contributed by atoms with E-state index in [1.54, 1.807) is 0 Å². The van der Waals surface area contributed by atoms with Gasteiger partial charge in [-0.1, -0.05) is 39.0 Å². The van der Waals surface area contributed by atoms with Crippen molar-refractivity contribution >= 4 is 6.08 Å². The molecule has 0 unspecified atom stereocenters. The van der Waals surface area contributed by atoms with Crippen molar-refractivity contribution in [3.8, 4) is 0 Å². The van der Waals surface area contributed by atoms with Crippen LogP contribution in [0.25, 0.3) is 6.08 Å². The highest BCUT2D eigenvalue weighted by Crippen LogP contribution is 2.24. The van der Waals surface area contributed by atoms with Gasteiger partial charge in [0.2, 0.25) is 0 Å². The first-order valence-electron chi connectivity index (χ1n) is 4.74. The normalized spacial score (nSPS) is 14.7. The highest BCUT2D eigenvalue weighted by molar-refractivity contribution is 5.57. The van der Waals surface area contributed by atoms with Crippen LogP contribution in [0.5, 0.6) is 0 Å². The molecule has 13 heavy (non-hydrogen) atoms. The molecule has 1 aromatic heterocycles. The summed E-state index contributed by atoms with van der Waals surface area (Å²) in [6.07, 6.45) is 5.32. The van der Waals surface area contributed by atoms with Crippen LogP contribution < -0.4 is 0 Å². The summed E-state index contributed by atoms with van der Waals surface area (Å²) in [5, 5.41) is 0. The molecule has 0 aliphatic heterocycles. The first kappa shape index (κ1) is 8.49. The van der Waals surface area contributed by atoms with Gasteiger partial charge in [-0.25, -0.2) is 0 Å². The average Bonchev–Trinajstić information content (AvgIpc) is 2.47. The van der Waals surface area contributed by atoms with Crippen molar-refractivity contribution in [3.05, 3.63) is 35.2 Å². The first-order valence-corrected chi connectivity index (χ1v) is 4.74. The topological polar surface area (TPSA) is 12.9 Å². The number of fused-ring (bicyclic) bond motifs is 1. The van der Waals surface area contributed by atoms with Gasteiger partial charge in [0.05, 0.1) is 5.69 Å². The number of nitrogens with zero attached hydrogens (tertiary/aromatic N) is 1. The van der Waals surface area contributed by atoms with E-state index in [1.807, 2.05) is 0 Å². The minimum Gasteiger partial charge on any atom is -0.256 e. The molecule has 1 aliphatic carbocycles. The van der Waals surface area contributed by atoms with E-state index in [-0.39, 0.29) is 5.41 Å². The smallest absolute Gasteiger partial charge is 0.0517 e. The molecule has 1 heteroatoms. The maximum absolute atomic E-state index is 4.66. The number of hydrogen-bond donors (Lipinski definition) is 0. The summed E-state index contributed by atoms with van der Waals surface area (Å²) in [6.45, 7) is 6.60. The average molecular weight is 173 g/mol. The van der Waals surface area contributed by atoms with Crippen molar-refractivity contribution in [1.82, 2.24) is 4.98 Å². The van der Waals surface area contributed by atoms with Gasteiger partial charge >= 0.3 is 0 Å². The maximum atomic E-state index is 4.66. The summed E-state index contributed by atoms with van der Waals surface area (Å²) in [6, 6.07) is 4.31. The predicted octanol–water partition coefficient (Wildman–Crippen LogP) is 2.95. The molecule has 0 atom stereocenters. The van der Waals surface area contributed by atoms with Crippen molar-refractivity contribution in [1.29, 1.82) is 0 Å². The van der Waals surface area contributed by atoms with E-state index in [9.17, 15) is 0 Å². The summed E-state index contributed by atoms with van der Waals surface area (Å²) in [5.41, 5.74) is 3.87. The Morgan fingerprint density at radius 1 is 1.23 bits per heavy atom. The van der Waals surface area contributed by atoms with E-state index in [1.165, 1.54) is 17.0 Å². The number of aromatic nitrogens is 1. The van der Waals surface area contributed by atoms with Crippen molar-refractivity contribution in [2.24, 2.45) is 0 Å². The Kier molecular flexibility index (Phi) is 1.76. The molecule has 0 radical (unpaired) electrons. The fourth-order valence-corrected chi connectivity index (χ4v) is 1.54. The molecule has 0 amide bonds. The Bertz CT molecular complexity index is 356. The third kappa shape index (κ3) is 1.51. The van der Waals surface area contributed by atoms with Crippen LogP contribution in [0.15, 0.2) is 18.2 Å². The molecular weight excluding hydrogens is 158 g/mol. The van der Waals surface area contributed by atoms with E-state index in [0.717, 1.165) is 6.42 Å². The molecule has 0 bridgehead atoms. The second-order valence-corrected chi connectivity index (χ2v) is 4.59. The minimum atomic E-state index is 0.164. The van der Waals surface area contributed by atoms with E-state index in [2.05, 4.69) is 50.0 Å². The Balaban J connectivity index is 2.45. The van der Waals surface area contributed by atoms with Gasteiger partial charge in [-0.05, 0) is 11.6 Å². The van der Waals surface area contributed by atoms with E-state index < -0.39 is 0 Å². The zero-order chi connectivity index (χ0) is 9.47. The van der Waals surface area contributed by atoms with Crippen LogP contribution in [0.2, 0.25) is 0 Å². The van der Waals surface area contributed by atoms with Crippen LogP contribution in [-0.2, 0) is 11.8 Å². The van der Waals surface area contributed by atoms with Crippen LogP contribution >= 0.6 is 0 Å². The molecule has 1 aliphatic rings. The van der Waals surface area contributed by atoms with Crippen molar-refractivity contribution < 1.29 is 0 Å². The van der Waals surface area contributed by atoms with Crippen LogP contribution in [0.1, 0.15) is 37.7 Å². The lowest BCUT2D eigenvalue weighted by molar-refractivity contribution is 0.566. The fourth-order valence-electron chi connectivity index (χ4n) is 1.54. The van der Waals surface area contributed by atoms with Crippen molar-refractivity contribution in [3.63, 3.8) is 0 Å². The Morgan fingerprint density at radius 3 is 2.69 bits per heavy atom. The summed E-state index contributed by atoms with van der Waals surface area (Å²) in [5.74, 6) is 0. The van der Waals surface area contributed by atoms with Crippen LogP contribution in [0.3, 0.4) is 0 Å². The van der Waals surface area contributed by atoms with Crippen molar-refractivity contribution in [2.45, 2.75) is 32.6 Å². The van der Waals surface area contributed by atoms with Gasteiger partial charge in [0.1, 0.15) is 0 Å². The monoisotopic (exact) mass is 173 g/mol. The van der Waals surface area contributed by atoms with Gasteiger partial charge in [0.25, 0.3) is 0 Å². The van der Waals surface area contributed by atoms with Gasteiger partial charge in [-0.2, -0.15) is 0 Å². The van der Waals surface area contributed by atoms with Crippen LogP contribution in [0, 0.1) is 0 Å². The Hall–Kier alpha value is -1.11. The molecule has 1 nitrogen and oxygen atoms in total. The third-order valence-electron chi connectivity index (χ3n) is 2.39. The molecule has 0 aromatic carbocycles. The zero-order valence-corrected chi connectivity index (χ0v) is 8.46. The molecule has 2 rings (SSSR count). The highest BCUT2D eigenvalue weighted by Gasteiger charge is 2.17. The highest BCUT2D eigenvalue weighted by atomic mass is 14.7. The molecule has 1 heterocycles. The standard InChI is InChI=1S/C12H15N/c1-12(2,3)11-8-7-9-5-4-6-10(9)13-11/h4-5,7-8H,6H2,1-3H3. The van der Waals surface area contributed by atoms with Gasteiger partial charge in [0.15, 0.2) is 0 Å². The molecule has 0 spiro atoms. The molecule has 0 saturated carbocycles. The number of allylic oxidation sites excluding steroid dienone is 1. The number of pyridine rings is 1. The molecule has 0 saturated heterocycles. The second kappa shape index (κ2) is 2.69. The van der Waals surface area contributed by atoms with Gasteiger partial charge in [0, 0.05) is 17.5 Å². The quantitative estimate of drug-likeness (QED) is 0.587. The van der Waals surface area contributed by atoms with Gasteiger partial charge in [-0.15, -0.1) is 0 Å². The number of hydrogen-bond acceptors (Lipinski definition) is 1. The first-order chi connectivity index (χ1) is 6.07. The van der Waals surface area contributed by atoms with Crippen molar-refractivity contribution in [2.75, 3.05) is 0 Å². The molecular formula is C12H15N.